The molecule has 3 aromatic rings. The fraction of sp³-hybridized carbons (Fsp3) is 0.167. The van der Waals surface area contributed by atoms with Crippen LogP contribution in [0.15, 0.2) is 72.8 Å². The maximum atomic E-state index is 12.9. The number of hydrogen-bond acceptors (Lipinski definition) is 4. The molecule has 3 aromatic carbocycles. The first-order valence-corrected chi connectivity index (χ1v) is 10.2. The molecule has 5 nitrogen and oxygen atoms in total. The molecule has 0 aliphatic carbocycles. The average molecular weight is 439 g/mol. The van der Waals surface area contributed by atoms with Crippen molar-refractivity contribution in [2.24, 2.45) is 0 Å². The molecule has 0 saturated carbocycles. The highest BCUT2D eigenvalue weighted by Gasteiger charge is 2.07. The van der Waals surface area contributed by atoms with Crippen molar-refractivity contribution in [2.75, 3.05) is 11.9 Å². The number of anilines is 1. The van der Waals surface area contributed by atoms with Gasteiger partial charge < -0.3 is 20.1 Å². The molecule has 0 fully saturated rings. The third kappa shape index (κ3) is 7.08. The van der Waals surface area contributed by atoms with Crippen LogP contribution in [0.25, 0.3) is 0 Å². The van der Waals surface area contributed by atoms with E-state index in [4.69, 9.17) is 21.7 Å². The third-order valence-electron chi connectivity index (χ3n) is 4.33. The molecule has 0 aliphatic rings. The van der Waals surface area contributed by atoms with Crippen molar-refractivity contribution in [1.82, 2.24) is 5.32 Å². The Morgan fingerprint density at radius 1 is 1.00 bits per heavy atom. The van der Waals surface area contributed by atoms with E-state index >= 15 is 0 Å². The molecular formula is C24H23FN2O3S. The summed E-state index contributed by atoms with van der Waals surface area (Å²) in [5, 5.41) is 6.64. The molecule has 0 unspecified atom stereocenters. The first-order chi connectivity index (χ1) is 15.0. The van der Waals surface area contributed by atoms with Gasteiger partial charge in [-0.1, -0.05) is 30.3 Å². The lowest BCUT2D eigenvalue weighted by Gasteiger charge is -2.12. The first-order valence-electron chi connectivity index (χ1n) is 9.81. The Morgan fingerprint density at radius 2 is 1.71 bits per heavy atom. The van der Waals surface area contributed by atoms with E-state index in [2.05, 4.69) is 10.6 Å². The van der Waals surface area contributed by atoms with Crippen molar-refractivity contribution in [2.45, 2.75) is 20.1 Å². The van der Waals surface area contributed by atoms with Gasteiger partial charge in [0.1, 0.15) is 18.2 Å². The Hall–Kier alpha value is -3.45. The van der Waals surface area contributed by atoms with Crippen molar-refractivity contribution >= 4 is 29.0 Å². The number of carbonyl (C=O) groups is 1. The fourth-order valence-corrected chi connectivity index (χ4v) is 2.94. The summed E-state index contributed by atoms with van der Waals surface area (Å²) in [6, 6.07) is 20.8. The Morgan fingerprint density at radius 3 is 2.42 bits per heavy atom. The van der Waals surface area contributed by atoms with Crippen LogP contribution in [0.1, 0.15) is 28.4 Å². The number of nitrogens with one attached hydrogen (secondary N) is 2. The molecule has 0 spiro atoms. The summed E-state index contributed by atoms with van der Waals surface area (Å²) in [6.45, 7) is 2.99. The van der Waals surface area contributed by atoms with E-state index in [1.807, 2.05) is 30.3 Å². The number of carbonyl (C=O) groups excluding carboxylic acids is 1. The van der Waals surface area contributed by atoms with Gasteiger partial charge in [0.2, 0.25) is 0 Å². The molecule has 0 bridgehead atoms. The van der Waals surface area contributed by atoms with Crippen LogP contribution in [-0.2, 0) is 17.9 Å². The molecule has 0 aromatic heterocycles. The average Bonchev–Trinajstić information content (AvgIpc) is 2.78. The molecule has 2 N–H and O–H groups in total. The summed E-state index contributed by atoms with van der Waals surface area (Å²) < 4.78 is 23.7. The van der Waals surface area contributed by atoms with E-state index in [1.165, 1.54) is 12.1 Å². The van der Waals surface area contributed by atoms with Crippen LogP contribution in [0.3, 0.4) is 0 Å². The molecule has 3 rings (SSSR count). The lowest BCUT2D eigenvalue weighted by molar-refractivity contribution is 0.0526. The van der Waals surface area contributed by atoms with Gasteiger partial charge in [0, 0.05) is 12.2 Å². The minimum atomic E-state index is -0.369. The molecule has 160 valence electrons. The minimum Gasteiger partial charge on any atom is -0.489 e. The van der Waals surface area contributed by atoms with Gasteiger partial charge in [0.05, 0.1) is 12.2 Å². The Bertz CT molecular complexity index is 1020. The quantitative estimate of drug-likeness (QED) is 0.378. The van der Waals surface area contributed by atoms with E-state index < -0.39 is 0 Å². The molecule has 0 aliphatic heterocycles. The molecule has 0 heterocycles. The second-order valence-corrected chi connectivity index (χ2v) is 7.08. The highest BCUT2D eigenvalue weighted by atomic mass is 32.1. The zero-order chi connectivity index (χ0) is 22.1. The lowest BCUT2D eigenvalue weighted by Crippen LogP contribution is -2.27. The summed E-state index contributed by atoms with van der Waals surface area (Å²) in [5.74, 6) is 0.0935. The number of rotatable bonds is 8. The monoisotopic (exact) mass is 438 g/mol. The number of ether oxygens (including phenoxy) is 2. The number of thiocarbonyl (C=S) groups is 1. The normalized spacial score (nSPS) is 10.3. The van der Waals surface area contributed by atoms with E-state index in [0.717, 1.165) is 16.9 Å². The molecular weight excluding hydrogens is 415 g/mol. The largest absolute Gasteiger partial charge is 0.489 e. The Kier molecular flexibility index (Phi) is 7.95. The van der Waals surface area contributed by atoms with Crippen molar-refractivity contribution in [3.63, 3.8) is 0 Å². The van der Waals surface area contributed by atoms with Crippen LogP contribution in [0.2, 0.25) is 0 Å². The SMILES string of the molecule is CCOC(=O)c1cccc(NC(=S)NCc2ccc(OCc3ccc(F)cc3)cc2)c1. The van der Waals surface area contributed by atoms with Gasteiger partial charge in [0.15, 0.2) is 5.11 Å². The standard InChI is InChI=1S/C24H23FN2O3S/c1-2-29-23(28)19-4-3-5-21(14-19)27-24(31)26-15-17-8-12-22(13-9-17)30-16-18-6-10-20(25)11-7-18/h3-14H,2,15-16H2,1H3,(H2,26,27,31). The first kappa shape index (κ1) is 22.2. The summed E-state index contributed by atoms with van der Waals surface area (Å²) in [5.41, 5.74) is 3.09. The second-order valence-electron chi connectivity index (χ2n) is 6.67. The van der Waals surface area contributed by atoms with Gasteiger partial charge in [-0.3, -0.25) is 0 Å². The summed E-state index contributed by atoms with van der Waals surface area (Å²) in [4.78, 5) is 11.8. The minimum absolute atomic E-state index is 0.264. The zero-order valence-electron chi connectivity index (χ0n) is 17.1. The van der Waals surface area contributed by atoms with Crippen molar-refractivity contribution < 1.29 is 18.7 Å². The molecule has 0 amide bonds. The second kappa shape index (κ2) is 11.1. The Labute approximate surface area is 186 Å². The van der Waals surface area contributed by atoms with Gasteiger partial charge in [-0.05, 0) is 72.7 Å². The van der Waals surface area contributed by atoms with Gasteiger partial charge in [-0.25, -0.2) is 9.18 Å². The van der Waals surface area contributed by atoms with Gasteiger partial charge >= 0.3 is 5.97 Å². The van der Waals surface area contributed by atoms with Gasteiger partial charge in [0.25, 0.3) is 0 Å². The lowest BCUT2D eigenvalue weighted by atomic mass is 10.2. The zero-order valence-corrected chi connectivity index (χ0v) is 17.9. The molecule has 31 heavy (non-hydrogen) atoms. The van der Waals surface area contributed by atoms with E-state index in [0.29, 0.717) is 36.1 Å². The summed E-state index contributed by atoms with van der Waals surface area (Å²) in [7, 11) is 0. The topological polar surface area (TPSA) is 59.6 Å². The van der Waals surface area contributed by atoms with Crippen LogP contribution < -0.4 is 15.4 Å². The van der Waals surface area contributed by atoms with Crippen molar-refractivity contribution in [3.05, 3.63) is 95.3 Å². The smallest absolute Gasteiger partial charge is 0.338 e. The maximum absolute atomic E-state index is 12.9. The highest BCUT2D eigenvalue weighted by molar-refractivity contribution is 7.80. The van der Waals surface area contributed by atoms with E-state index in [9.17, 15) is 9.18 Å². The van der Waals surface area contributed by atoms with Crippen LogP contribution >= 0.6 is 12.2 Å². The van der Waals surface area contributed by atoms with E-state index in [-0.39, 0.29) is 11.8 Å². The number of esters is 1. The van der Waals surface area contributed by atoms with Crippen molar-refractivity contribution in [3.8, 4) is 5.75 Å². The number of halogens is 1. The van der Waals surface area contributed by atoms with Crippen LogP contribution in [0, 0.1) is 5.82 Å². The van der Waals surface area contributed by atoms with Crippen molar-refractivity contribution in [1.29, 1.82) is 0 Å². The van der Waals surface area contributed by atoms with Crippen LogP contribution in [0.5, 0.6) is 5.75 Å². The van der Waals surface area contributed by atoms with Gasteiger partial charge in [-0.15, -0.1) is 0 Å². The summed E-state index contributed by atoms with van der Waals surface area (Å²) >= 11 is 5.34. The van der Waals surface area contributed by atoms with Gasteiger partial charge in [-0.2, -0.15) is 0 Å². The molecule has 0 atom stereocenters. The van der Waals surface area contributed by atoms with Crippen LogP contribution in [-0.4, -0.2) is 17.7 Å². The fourth-order valence-electron chi connectivity index (χ4n) is 2.75. The number of hydrogen-bond donors (Lipinski definition) is 2. The van der Waals surface area contributed by atoms with Crippen LogP contribution in [0.4, 0.5) is 10.1 Å². The molecule has 7 heteroatoms. The molecule has 0 radical (unpaired) electrons. The highest BCUT2D eigenvalue weighted by Crippen LogP contribution is 2.15. The number of benzene rings is 3. The maximum Gasteiger partial charge on any atom is 0.338 e. The van der Waals surface area contributed by atoms with E-state index in [1.54, 1.807) is 37.3 Å². The summed E-state index contributed by atoms with van der Waals surface area (Å²) in [6.07, 6.45) is 0. The predicted molar refractivity (Wildman–Crippen MR) is 123 cm³/mol. The third-order valence-corrected chi connectivity index (χ3v) is 4.57. The molecule has 0 saturated heterocycles. The predicted octanol–water partition coefficient (Wildman–Crippen LogP) is 5.07. The Balaban J connectivity index is 1.46.